The molecule has 0 saturated heterocycles. The van der Waals surface area contributed by atoms with Crippen LogP contribution in [0.3, 0.4) is 0 Å². The number of benzene rings is 8. The molecule has 8 aromatic carbocycles. The molecule has 0 aliphatic heterocycles. The van der Waals surface area contributed by atoms with E-state index in [1.807, 2.05) is 92.4 Å². The van der Waals surface area contributed by atoms with E-state index in [1.165, 1.54) is 107 Å². The summed E-state index contributed by atoms with van der Waals surface area (Å²) >= 11 is 19.9. The smallest absolute Gasteiger partial charge is 0.0805 e. The minimum absolute atomic E-state index is 1.29. The SMILES string of the molecule is Ic1sc2cc3cc4c(Sc5ccccc5)c(I)sc4cc3cc2c1Sc1ccccc1.c1ccc(Sc2csc3cc4cc5c(Sc6ccccc6)csc5cc4cc23)cc1. The van der Waals surface area contributed by atoms with Crippen molar-refractivity contribution in [1.82, 2.24) is 0 Å². The van der Waals surface area contributed by atoms with Crippen molar-refractivity contribution in [2.24, 2.45) is 0 Å². The maximum absolute atomic E-state index is 2.50. The number of fused-ring (bicyclic) bond motifs is 6. The molecule has 0 nitrogen and oxygen atoms in total. The molecule has 0 saturated carbocycles. The third kappa shape index (κ3) is 8.73. The van der Waals surface area contributed by atoms with Gasteiger partial charge in [-0.2, -0.15) is 0 Å². The lowest BCUT2D eigenvalue weighted by Gasteiger charge is -2.05. The van der Waals surface area contributed by atoms with Gasteiger partial charge in [-0.3, -0.25) is 0 Å². The Morgan fingerprint density at radius 2 is 0.629 bits per heavy atom. The third-order valence-corrected chi connectivity index (χ3v) is 22.2. The van der Waals surface area contributed by atoms with E-state index in [2.05, 4.69) is 226 Å². The number of hydrogen-bond acceptors (Lipinski definition) is 8. The Balaban J connectivity index is 0.000000140. The van der Waals surface area contributed by atoms with Gasteiger partial charge in [0.25, 0.3) is 0 Å². The lowest BCUT2D eigenvalue weighted by atomic mass is 10.1. The van der Waals surface area contributed by atoms with Crippen molar-refractivity contribution in [3.05, 3.63) is 186 Å². The molecule has 0 N–H and O–H groups in total. The van der Waals surface area contributed by atoms with Crippen LogP contribution in [0.1, 0.15) is 0 Å². The van der Waals surface area contributed by atoms with E-state index in [0.717, 1.165) is 0 Å². The summed E-state index contributed by atoms with van der Waals surface area (Å²) in [6, 6.07) is 61.6. The summed E-state index contributed by atoms with van der Waals surface area (Å²) in [6.07, 6.45) is 0. The molecular weight excluding hydrogens is 1130 g/mol. The largest absolute Gasteiger partial charge is 0.143 e. The molecule has 0 bridgehead atoms. The average molecular weight is 1170 g/mol. The van der Waals surface area contributed by atoms with Crippen LogP contribution in [0, 0.1) is 5.77 Å². The first kappa shape index (κ1) is 41.7. The Kier molecular flexibility index (Phi) is 12.4. The van der Waals surface area contributed by atoms with Crippen LogP contribution in [0.2, 0.25) is 0 Å². The van der Waals surface area contributed by atoms with Crippen LogP contribution >= 0.6 is 138 Å². The fraction of sp³-hybridized carbons (Fsp3) is 0. The molecular formula is C52H30I2S8. The zero-order valence-corrected chi connectivity index (χ0v) is 43.2. The highest BCUT2D eigenvalue weighted by Gasteiger charge is 2.17. The number of thiophene rings is 4. The Morgan fingerprint density at radius 3 is 0.984 bits per heavy atom. The van der Waals surface area contributed by atoms with Gasteiger partial charge in [-0.05, 0) is 164 Å². The van der Waals surface area contributed by atoms with Gasteiger partial charge in [0.2, 0.25) is 0 Å². The van der Waals surface area contributed by atoms with E-state index in [4.69, 9.17) is 0 Å². The highest BCUT2D eigenvalue weighted by Crippen LogP contribution is 2.48. The number of hydrogen-bond donors (Lipinski definition) is 0. The van der Waals surface area contributed by atoms with Crippen molar-refractivity contribution >= 4 is 199 Å². The van der Waals surface area contributed by atoms with E-state index < -0.39 is 0 Å². The first-order chi connectivity index (χ1) is 30.5. The zero-order chi connectivity index (χ0) is 41.6. The van der Waals surface area contributed by atoms with Crippen LogP contribution in [-0.4, -0.2) is 0 Å². The average Bonchev–Trinajstić information content (AvgIpc) is 4.04. The van der Waals surface area contributed by atoms with Gasteiger partial charge in [0.05, 0.1) is 5.77 Å². The summed E-state index contributed by atoms with van der Waals surface area (Å²) in [5.41, 5.74) is 0. The molecule has 0 aliphatic carbocycles. The van der Waals surface area contributed by atoms with Crippen LogP contribution in [-0.2, 0) is 0 Å². The Labute approximate surface area is 419 Å². The standard InChI is InChI=1S/C26H14I2S4.C26H16S4/c27-25-23(29-17-7-3-1-4-8-17)19-11-15-14-22-20(12-16(15)13-21(19)31-25)24(26(28)32-22)30-18-9-5-2-6-10-18;1-3-7-19(8-4-1)29-25-15-27-23-13-18-12-22-24(14-17(18)11-21(23)25)28-16-26(22)30-20-9-5-2-6-10-20/h1-14H;1-16H. The lowest BCUT2D eigenvalue weighted by molar-refractivity contribution is 1.44. The van der Waals surface area contributed by atoms with Crippen molar-refractivity contribution in [3.8, 4) is 0 Å². The molecule has 0 unspecified atom stereocenters. The summed E-state index contributed by atoms with van der Waals surface area (Å²) in [7, 11) is 0. The molecule has 12 aromatic rings. The fourth-order valence-electron chi connectivity index (χ4n) is 7.37. The molecule has 12 rings (SSSR count). The minimum Gasteiger partial charge on any atom is -0.143 e. The molecule has 4 heterocycles. The second-order valence-corrected chi connectivity index (χ2v) is 26.3. The number of halogens is 2. The molecule has 10 heteroatoms. The Bertz CT molecular complexity index is 3300. The highest BCUT2D eigenvalue weighted by molar-refractivity contribution is 14.1. The molecule has 0 fully saturated rings. The van der Waals surface area contributed by atoms with Crippen molar-refractivity contribution in [3.63, 3.8) is 0 Å². The quantitative estimate of drug-likeness (QED) is 0.139. The van der Waals surface area contributed by atoms with E-state index in [1.54, 1.807) is 0 Å². The Morgan fingerprint density at radius 1 is 0.323 bits per heavy atom. The van der Waals surface area contributed by atoms with Crippen LogP contribution in [0.5, 0.6) is 0 Å². The maximum Gasteiger partial charge on any atom is 0.0805 e. The van der Waals surface area contributed by atoms with Gasteiger partial charge in [-0.15, -0.1) is 45.3 Å². The first-order valence-corrected chi connectivity index (χ1v) is 28.4. The van der Waals surface area contributed by atoms with Crippen LogP contribution in [0.25, 0.3) is 61.9 Å². The molecule has 300 valence electrons. The van der Waals surface area contributed by atoms with E-state index >= 15 is 0 Å². The second-order valence-electron chi connectivity index (χ2n) is 14.4. The summed E-state index contributed by atoms with van der Waals surface area (Å²) in [5.74, 6) is 0. The van der Waals surface area contributed by atoms with Crippen LogP contribution in [0.15, 0.2) is 220 Å². The van der Waals surface area contributed by atoms with Crippen molar-refractivity contribution in [1.29, 1.82) is 0 Å². The van der Waals surface area contributed by atoms with Crippen molar-refractivity contribution < 1.29 is 0 Å². The van der Waals surface area contributed by atoms with E-state index in [-0.39, 0.29) is 0 Å². The fourth-order valence-corrected chi connectivity index (χ4v) is 18.3. The predicted molar refractivity (Wildman–Crippen MR) is 297 cm³/mol. The molecule has 4 aromatic heterocycles. The maximum atomic E-state index is 2.50. The first-order valence-electron chi connectivity index (χ1n) is 19.5. The highest BCUT2D eigenvalue weighted by atomic mass is 127. The summed E-state index contributed by atoms with van der Waals surface area (Å²) < 4.78 is 8.15. The van der Waals surface area contributed by atoms with Gasteiger partial charge in [0.1, 0.15) is 0 Å². The summed E-state index contributed by atoms with van der Waals surface area (Å²) in [6.45, 7) is 0. The topological polar surface area (TPSA) is 0 Å². The zero-order valence-electron chi connectivity index (χ0n) is 32.3. The van der Waals surface area contributed by atoms with Gasteiger partial charge < -0.3 is 0 Å². The lowest BCUT2D eigenvalue weighted by Crippen LogP contribution is -1.78. The molecule has 62 heavy (non-hydrogen) atoms. The van der Waals surface area contributed by atoms with Gasteiger partial charge in [0.15, 0.2) is 0 Å². The van der Waals surface area contributed by atoms with E-state index in [9.17, 15) is 0 Å². The van der Waals surface area contributed by atoms with Crippen LogP contribution in [0.4, 0.5) is 0 Å². The van der Waals surface area contributed by atoms with Crippen molar-refractivity contribution in [2.45, 2.75) is 39.2 Å². The molecule has 0 radical (unpaired) electrons. The number of rotatable bonds is 8. The van der Waals surface area contributed by atoms with Gasteiger partial charge in [0, 0.05) is 90.3 Å². The summed E-state index contributed by atoms with van der Waals surface area (Å²) in [4.78, 5) is 10.6. The van der Waals surface area contributed by atoms with Crippen LogP contribution < -0.4 is 0 Å². The monoisotopic (exact) mass is 1160 g/mol. The summed E-state index contributed by atoms with van der Waals surface area (Å²) in [5, 5.41) is 15.3. The normalized spacial score (nSPS) is 11.6. The molecule has 0 atom stereocenters. The van der Waals surface area contributed by atoms with Crippen molar-refractivity contribution in [2.75, 3.05) is 0 Å². The second kappa shape index (κ2) is 18.5. The molecule has 0 spiro atoms. The van der Waals surface area contributed by atoms with Gasteiger partial charge >= 0.3 is 0 Å². The van der Waals surface area contributed by atoms with Gasteiger partial charge in [-0.1, -0.05) is 120 Å². The molecule has 0 amide bonds. The Hall–Kier alpha value is -3.02. The predicted octanol–water partition coefficient (Wildman–Crippen LogP) is 20.4. The third-order valence-electron chi connectivity index (χ3n) is 10.3. The molecule has 0 aliphatic rings. The minimum atomic E-state index is 1.29. The van der Waals surface area contributed by atoms with E-state index in [0.29, 0.717) is 0 Å². The van der Waals surface area contributed by atoms with Gasteiger partial charge in [-0.25, -0.2) is 0 Å².